The molecule has 132 valence electrons. The van der Waals surface area contributed by atoms with Crippen molar-refractivity contribution in [1.29, 1.82) is 0 Å². The summed E-state index contributed by atoms with van der Waals surface area (Å²) in [5.41, 5.74) is 4.17. The van der Waals surface area contributed by atoms with Crippen LogP contribution >= 0.6 is 0 Å². The van der Waals surface area contributed by atoms with Crippen molar-refractivity contribution in [1.82, 2.24) is 10.4 Å². The van der Waals surface area contributed by atoms with Gasteiger partial charge in [-0.25, -0.2) is 9.82 Å². The number of aromatic nitrogens is 1. The van der Waals surface area contributed by atoms with Crippen LogP contribution in [0, 0.1) is 12.7 Å². The summed E-state index contributed by atoms with van der Waals surface area (Å²) in [4.78, 5) is 16.7. The molecule has 3 aromatic rings. The minimum Gasteiger partial charge on any atom is -0.504 e. The standard InChI is InChI=1S/C19H16FN3O3/c1-11-8-15(14-9-13(20)6-7-16(14)22-11)19(25)23-21-10-12-4-3-5-17(26-2)18(12)24/h3-10,24H,1-2H3,(H,23,25)/b21-10-. The SMILES string of the molecule is COc1cccc(/C=N\NC(=O)c2cc(C)nc3ccc(F)cc23)c1O. The molecule has 1 aromatic heterocycles. The largest absolute Gasteiger partial charge is 0.504 e. The van der Waals surface area contributed by atoms with Gasteiger partial charge in [0.2, 0.25) is 0 Å². The average molecular weight is 353 g/mol. The van der Waals surface area contributed by atoms with Gasteiger partial charge in [0.25, 0.3) is 5.91 Å². The fourth-order valence-corrected chi connectivity index (χ4v) is 2.55. The number of benzene rings is 2. The van der Waals surface area contributed by atoms with E-state index >= 15 is 0 Å². The fraction of sp³-hybridized carbons (Fsp3) is 0.105. The zero-order chi connectivity index (χ0) is 18.7. The molecule has 26 heavy (non-hydrogen) atoms. The van der Waals surface area contributed by atoms with E-state index in [1.54, 1.807) is 31.2 Å². The zero-order valence-electron chi connectivity index (χ0n) is 14.2. The van der Waals surface area contributed by atoms with Crippen molar-refractivity contribution in [3.8, 4) is 11.5 Å². The molecular weight excluding hydrogens is 337 g/mol. The van der Waals surface area contributed by atoms with Crippen molar-refractivity contribution < 1.29 is 19.0 Å². The van der Waals surface area contributed by atoms with Gasteiger partial charge < -0.3 is 9.84 Å². The van der Waals surface area contributed by atoms with Gasteiger partial charge in [-0.15, -0.1) is 0 Å². The van der Waals surface area contributed by atoms with Crippen molar-refractivity contribution in [3.05, 3.63) is 65.1 Å². The second-order valence-corrected chi connectivity index (χ2v) is 5.57. The van der Waals surface area contributed by atoms with Crippen LogP contribution in [0.2, 0.25) is 0 Å². The van der Waals surface area contributed by atoms with Crippen molar-refractivity contribution in [2.45, 2.75) is 6.92 Å². The van der Waals surface area contributed by atoms with Gasteiger partial charge in [0.05, 0.1) is 24.4 Å². The minimum atomic E-state index is -0.510. The Hall–Kier alpha value is -3.48. The highest BCUT2D eigenvalue weighted by Crippen LogP contribution is 2.28. The third kappa shape index (κ3) is 3.46. The van der Waals surface area contributed by atoms with Crippen LogP contribution in [0.15, 0.2) is 47.6 Å². The number of amides is 1. The highest BCUT2D eigenvalue weighted by Gasteiger charge is 2.12. The maximum absolute atomic E-state index is 13.5. The minimum absolute atomic E-state index is 0.0831. The second kappa shape index (κ2) is 7.18. The number of carbonyl (C=O) groups excluding carboxylic acids is 1. The maximum Gasteiger partial charge on any atom is 0.272 e. The summed E-state index contributed by atoms with van der Waals surface area (Å²) in [6.07, 6.45) is 1.30. The number of hydrazone groups is 1. The van der Waals surface area contributed by atoms with E-state index in [-0.39, 0.29) is 11.3 Å². The molecule has 3 rings (SSSR count). The van der Waals surface area contributed by atoms with Gasteiger partial charge in [0, 0.05) is 16.6 Å². The molecule has 0 aliphatic rings. The molecule has 1 heterocycles. The molecule has 0 aliphatic carbocycles. The molecule has 0 atom stereocenters. The quantitative estimate of drug-likeness (QED) is 0.557. The van der Waals surface area contributed by atoms with Gasteiger partial charge in [-0.2, -0.15) is 5.10 Å². The molecule has 2 N–H and O–H groups in total. The summed E-state index contributed by atoms with van der Waals surface area (Å²) < 4.78 is 18.6. The number of methoxy groups -OCH3 is 1. The van der Waals surface area contributed by atoms with E-state index in [0.717, 1.165) is 0 Å². The van der Waals surface area contributed by atoms with Crippen LogP contribution in [0.1, 0.15) is 21.6 Å². The van der Waals surface area contributed by atoms with Crippen LogP contribution in [-0.2, 0) is 0 Å². The number of nitrogens with zero attached hydrogens (tertiary/aromatic N) is 2. The van der Waals surface area contributed by atoms with Crippen LogP contribution in [0.5, 0.6) is 11.5 Å². The fourth-order valence-electron chi connectivity index (χ4n) is 2.55. The number of nitrogens with one attached hydrogen (secondary N) is 1. The van der Waals surface area contributed by atoms with Gasteiger partial charge in [-0.3, -0.25) is 9.78 Å². The number of hydrogen-bond donors (Lipinski definition) is 2. The predicted molar refractivity (Wildman–Crippen MR) is 96.2 cm³/mol. The van der Waals surface area contributed by atoms with Gasteiger partial charge in [-0.1, -0.05) is 6.07 Å². The van der Waals surface area contributed by atoms with Gasteiger partial charge in [0.15, 0.2) is 11.5 Å². The Balaban J connectivity index is 1.87. The summed E-state index contributed by atoms with van der Waals surface area (Å²) in [6.45, 7) is 1.75. The number of carbonyl (C=O) groups is 1. The Morgan fingerprint density at radius 1 is 1.31 bits per heavy atom. The predicted octanol–water partition coefficient (Wildman–Crippen LogP) is 3.16. The highest BCUT2D eigenvalue weighted by atomic mass is 19.1. The molecule has 2 aromatic carbocycles. The van der Waals surface area contributed by atoms with Gasteiger partial charge >= 0.3 is 0 Å². The van der Waals surface area contributed by atoms with Crippen LogP contribution in [0.3, 0.4) is 0 Å². The van der Waals surface area contributed by atoms with E-state index in [1.807, 2.05) is 0 Å². The summed E-state index contributed by atoms with van der Waals surface area (Å²) in [5, 5.41) is 14.3. The highest BCUT2D eigenvalue weighted by molar-refractivity contribution is 6.06. The average Bonchev–Trinajstić information content (AvgIpc) is 2.62. The summed E-state index contributed by atoms with van der Waals surface area (Å²) >= 11 is 0. The van der Waals surface area contributed by atoms with E-state index < -0.39 is 11.7 Å². The lowest BCUT2D eigenvalue weighted by Crippen LogP contribution is -2.18. The first-order valence-corrected chi connectivity index (χ1v) is 7.76. The summed E-state index contributed by atoms with van der Waals surface area (Å²) in [7, 11) is 1.44. The normalized spacial score (nSPS) is 11.0. The molecule has 6 nitrogen and oxygen atoms in total. The molecule has 0 unspecified atom stereocenters. The lowest BCUT2D eigenvalue weighted by molar-refractivity contribution is 0.0956. The third-order valence-corrected chi connectivity index (χ3v) is 3.76. The molecule has 7 heteroatoms. The number of fused-ring (bicyclic) bond motifs is 1. The molecule has 0 spiro atoms. The smallest absolute Gasteiger partial charge is 0.272 e. The van der Waals surface area contributed by atoms with Gasteiger partial charge in [-0.05, 0) is 43.3 Å². The zero-order valence-corrected chi connectivity index (χ0v) is 14.2. The number of ether oxygens (including phenoxy) is 1. The van der Waals surface area contributed by atoms with Crippen LogP contribution in [-0.4, -0.2) is 29.3 Å². The van der Waals surface area contributed by atoms with Crippen LogP contribution in [0.25, 0.3) is 10.9 Å². The number of phenols is 1. The molecule has 1 amide bonds. The van der Waals surface area contributed by atoms with Crippen molar-refractivity contribution in [2.75, 3.05) is 7.11 Å². The first kappa shape index (κ1) is 17.3. The monoisotopic (exact) mass is 353 g/mol. The molecule has 0 radical (unpaired) electrons. The summed E-state index contributed by atoms with van der Waals surface area (Å²) in [6, 6.07) is 10.5. The number of phenolic OH excluding ortho intramolecular Hbond substituents is 1. The topological polar surface area (TPSA) is 83.8 Å². The maximum atomic E-state index is 13.5. The molecule has 0 saturated carbocycles. The Kier molecular flexibility index (Phi) is 4.79. The first-order valence-electron chi connectivity index (χ1n) is 7.76. The van der Waals surface area contributed by atoms with Gasteiger partial charge in [0.1, 0.15) is 5.82 Å². The third-order valence-electron chi connectivity index (χ3n) is 3.76. The number of rotatable bonds is 4. The number of aromatic hydroxyl groups is 1. The van der Waals surface area contributed by atoms with Crippen molar-refractivity contribution in [3.63, 3.8) is 0 Å². The number of halogens is 1. The molecule has 0 aliphatic heterocycles. The number of para-hydroxylation sites is 1. The van der Waals surface area contributed by atoms with Crippen molar-refractivity contribution in [2.24, 2.45) is 5.10 Å². The lowest BCUT2D eigenvalue weighted by atomic mass is 10.1. The van der Waals surface area contributed by atoms with Crippen LogP contribution < -0.4 is 10.2 Å². The molecule has 0 bridgehead atoms. The lowest BCUT2D eigenvalue weighted by Gasteiger charge is -2.07. The second-order valence-electron chi connectivity index (χ2n) is 5.57. The molecular formula is C19H16FN3O3. The molecule has 0 fully saturated rings. The van der Waals surface area contributed by atoms with E-state index in [1.165, 1.54) is 31.5 Å². The number of pyridine rings is 1. The Morgan fingerprint density at radius 2 is 2.12 bits per heavy atom. The van der Waals surface area contributed by atoms with Crippen molar-refractivity contribution >= 4 is 23.0 Å². The number of hydrogen-bond acceptors (Lipinski definition) is 5. The van der Waals surface area contributed by atoms with E-state index in [2.05, 4.69) is 15.5 Å². The van der Waals surface area contributed by atoms with E-state index in [4.69, 9.17) is 4.74 Å². The Morgan fingerprint density at radius 3 is 2.88 bits per heavy atom. The summed E-state index contributed by atoms with van der Waals surface area (Å²) in [5.74, 6) is -0.751. The van der Waals surface area contributed by atoms with Crippen LogP contribution in [0.4, 0.5) is 4.39 Å². The Labute approximate surface area is 148 Å². The molecule has 0 saturated heterocycles. The van der Waals surface area contributed by atoms with E-state index in [9.17, 15) is 14.3 Å². The Bertz CT molecular complexity index is 1020. The number of aryl methyl sites for hydroxylation is 1. The first-order chi connectivity index (χ1) is 12.5. The van der Waals surface area contributed by atoms with E-state index in [0.29, 0.717) is 27.9 Å².